The Labute approximate surface area is 117 Å². The first kappa shape index (κ1) is 15.2. The number of nitrogens with zero attached hydrogens (tertiary/aromatic N) is 3. The van der Waals surface area contributed by atoms with Crippen LogP contribution < -0.4 is 5.32 Å². The summed E-state index contributed by atoms with van der Waals surface area (Å²) in [6, 6.07) is 3.56. The van der Waals surface area contributed by atoms with Crippen LogP contribution >= 0.6 is 11.6 Å². The van der Waals surface area contributed by atoms with E-state index in [2.05, 4.69) is 10.3 Å². The molecule has 1 heterocycles. The van der Waals surface area contributed by atoms with E-state index in [1.54, 1.807) is 19.3 Å². The molecule has 0 radical (unpaired) electrons. The molecule has 0 amide bonds. The van der Waals surface area contributed by atoms with Gasteiger partial charge in [0.1, 0.15) is 5.15 Å². The fraction of sp³-hybridized carbons (Fsp3) is 0.417. The van der Waals surface area contributed by atoms with Crippen molar-refractivity contribution in [1.82, 2.24) is 15.2 Å². The van der Waals surface area contributed by atoms with Crippen molar-refractivity contribution in [2.75, 3.05) is 13.6 Å². The van der Waals surface area contributed by atoms with Crippen LogP contribution in [-0.4, -0.2) is 28.4 Å². The van der Waals surface area contributed by atoms with Crippen molar-refractivity contribution in [2.24, 2.45) is 0 Å². The molecule has 1 aromatic rings. The number of hydrogen-bond donors (Lipinski definition) is 1. The molecule has 1 N–H and O–H groups in total. The van der Waals surface area contributed by atoms with Gasteiger partial charge >= 0.3 is 0 Å². The fourth-order valence-corrected chi connectivity index (χ4v) is 1.79. The van der Waals surface area contributed by atoms with E-state index < -0.39 is 4.92 Å². The highest BCUT2D eigenvalue weighted by Gasteiger charge is 2.12. The normalized spacial score (nSPS) is 11.2. The van der Waals surface area contributed by atoms with E-state index in [0.717, 1.165) is 18.2 Å². The predicted molar refractivity (Wildman–Crippen MR) is 74.1 cm³/mol. The molecule has 0 spiro atoms. The summed E-state index contributed by atoms with van der Waals surface area (Å²) in [4.78, 5) is 16.0. The third-order valence-electron chi connectivity index (χ3n) is 2.48. The van der Waals surface area contributed by atoms with Crippen LogP contribution in [0.4, 0.5) is 0 Å². The van der Waals surface area contributed by atoms with Crippen molar-refractivity contribution < 1.29 is 4.92 Å². The van der Waals surface area contributed by atoms with E-state index in [1.165, 1.54) is 0 Å². The maximum absolute atomic E-state index is 10.6. The molecule has 0 atom stereocenters. The maximum atomic E-state index is 10.6. The molecule has 0 unspecified atom stereocenters. The largest absolute Gasteiger partial charge is 0.370 e. The lowest BCUT2D eigenvalue weighted by atomic mass is 10.2. The summed E-state index contributed by atoms with van der Waals surface area (Å²) < 4.78 is 0. The molecule has 0 bridgehead atoms. The summed E-state index contributed by atoms with van der Waals surface area (Å²) in [5, 5.41) is 13.9. The fourth-order valence-electron chi connectivity index (χ4n) is 1.68. The number of aromatic nitrogens is 1. The molecule has 19 heavy (non-hydrogen) atoms. The van der Waals surface area contributed by atoms with Crippen molar-refractivity contribution in [1.29, 1.82) is 0 Å². The maximum Gasteiger partial charge on any atom is 0.274 e. The highest BCUT2D eigenvalue weighted by Crippen LogP contribution is 2.11. The molecular weight excluding hydrogens is 268 g/mol. The standard InChI is InChI=1S/C12H17ClN4O2/c1-3-6-16(12(14-2)9-17(18)19)8-10-4-5-11(13)15-7-10/h4-5,7,9,14H,3,6,8H2,1-2H3/b12-9+. The Morgan fingerprint density at radius 2 is 2.37 bits per heavy atom. The van der Waals surface area contributed by atoms with Gasteiger partial charge in [-0.15, -0.1) is 0 Å². The molecule has 0 saturated carbocycles. The first-order valence-electron chi connectivity index (χ1n) is 5.95. The molecule has 0 aliphatic carbocycles. The number of pyridine rings is 1. The SMILES string of the molecule is CCCN(Cc1ccc(Cl)nc1)/C(=C/[N+](=O)[O-])NC. The molecule has 1 aromatic heterocycles. The van der Waals surface area contributed by atoms with Crippen molar-refractivity contribution in [3.8, 4) is 0 Å². The van der Waals surface area contributed by atoms with Crippen LogP contribution in [-0.2, 0) is 6.54 Å². The molecular formula is C12H17ClN4O2. The van der Waals surface area contributed by atoms with Gasteiger partial charge in [0.25, 0.3) is 6.20 Å². The molecule has 7 heteroatoms. The summed E-state index contributed by atoms with van der Waals surface area (Å²) in [7, 11) is 1.66. The molecule has 0 aliphatic rings. The second-order valence-corrected chi connectivity index (χ2v) is 4.35. The average molecular weight is 285 g/mol. The van der Waals surface area contributed by atoms with E-state index in [0.29, 0.717) is 24.1 Å². The number of nitro groups is 1. The van der Waals surface area contributed by atoms with E-state index >= 15 is 0 Å². The number of rotatable bonds is 7. The summed E-state index contributed by atoms with van der Waals surface area (Å²) in [6.45, 7) is 3.27. The zero-order chi connectivity index (χ0) is 14.3. The molecule has 1 rings (SSSR count). The first-order chi connectivity index (χ1) is 9.06. The van der Waals surface area contributed by atoms with E-state index in [9.17, 15) is 10.1 Å². The molecule has 104 valence electrons. The van der Waals surface area contributed by atoms with E-state index in [-0.39, 0.29) is 0 Å². The van der Waals surface area contributed by atoms with Gasteiger partial charge in [0.2, 0.25) is 0 Å². The van der Waals surface area contributed by atoms with Gasteiger partial charge in [0.15, 0.2) is 5.82 Å². The summed E-state index contributed by atoms with van der Waals surface area (Å²) in [6.07, 6.45) is 3.53. The highest BCUT2D eigenvalue weighted by molar-refractivity contribution is 6.29. The molecule has 0 aliphatic heterocycles. The lowest BCUT2D eigenvalue weighted by Crippen LogP contribution is -2.31. The monoisotopic (exact) mass is 284 g/mol. The highest BCUT2D eigenvalue weighted by atomic mass is 35.5. The first-order valence-corrected chi connectivity index (χ1v) is 6.33. The Hall–Kier alpha value is -1.82. The van der Waals surface area contributed by atoms with Crippen molar-refractivity contribution in [2.45, 2.75) is 19.9 Å². The summed E-state index contributed by atoms with van der Waals surface area (Å²) >= 11 is 5.73. The summed E-state index contributed by atoms with van der Waals surface area (Å²) in [5.74, 6) is 0.474. The van der Waals surface area contributed by atoms with E-state index in [4.69, 9.17) is 11.6 Å². The van der Waals surface area contributed by atoms with Gasteiger partial charge in [-0.3, -0.25) is 10.1 Å². The van der Waals surface area contributed by atoms with Crippen molar-refractivity contribution in [3.05, 3.63) is 51.2 Å². The Morgan fingerprint density at radius 1 is 1.63 bits per heavy atom. The van der Waals surface area contributed by atoms with Crippen molar-refractivity contribution in [3.63, 3.8) is 0 Å². The third-order valence-corrected chi connectivity index (χ3v) is 2.70. The lowest BCUT2D eigenvalue weighted by molar-refractivity contribution is -0.404. The Bertz CT molecular complexity index is 448. The van der Waals surface area contributed by atoms with E-state index in [1.807, 2.05) is 17.9 Å². The van der Waals surface area contributed by atoms with Crippen LogP contribution in [0, 0.1) is 10.1 Å². The number of halogens is 1. The number of nitrogens with one attached hydrogen (secondary N) is 1. The molecule has 6 nitrogen and oxygen atoms in total. The Balaban J connectivity index is 2.87. The van der Waals surface area contributed by atoms with Gasteiger partial charge in [-0.2, -0.15) is 0 Å². The Morgan fingerprint density at radius 3 is 2.84 bits per heavy atom. The van der Waals surface area contributed by atoms with Gasteiger partial charge < -0.3 is 10.2 Å². The second kappa shape index (κ2) is 7.58. The van der Waals surface area contributed by atoms with Crippen molar-refractivity contribution >= 4 is 11.6 Å². The quantitative estimate of drug-likeness (QED) is 0.472. The molecule has 0 aromatic carbocycles. The van der Waals surface area contributed by atoms with Crippen LogP contribution in [0.2, 0.25) is 5.15 Å². The minimum Gasteiger partial charge on any atom is -0.370 e. The van der Waals surface area contributed by atoms with Gasteiger partial charge in [-0.1, -0.05) is 24.6 Å². The van der Waals surface area contributed by atoms with Gasteiger partial charge in [-0.25, -0.2) is 4.98 Å². The predicted octanol–water partition coefficient (Wildman–Crippen LogP) is 2.24. The minimum atomic E-state index is -0.464. The topological polar surface area (TPSA) is 71.3 Å². The lowest BCUT2D eigenvalue weighted by Gasteiger charge is -2.24. The Kier molecular flexibility index (Phi) is 6.08. The average Bonchev–Trinajstić information content (AvgIpc) is 2.38. The van der Waals surface area contributed by atoms with Crippen LogP contribution in [0.5, 0.6) is 0 Å². The summed E-state index contributed by atoms with van der Waals surface area (Å²) in [5.41, 5.74) is 0.947. The smallest absolute Gasteiger partial charge is 0.274 e. The second-order valence-electron chi connectivity index (χ2n) is 3.96. The molecule has 0 fully saturated rings. The van der Waals surface area contributed by atoms with Crippen LogP contribution in [0.15, 0.2) is 30.4 Å². The molecule has 0 saturated heterocycles. The van der Waals surface area contributed by atoms with Crippen LogP contribution in [0.25, 0.3) is 0 Å². The minimum absolute atomic E-state index is 0.431. The zero-order valence-electron chi connectivity index (χ0n) is 11.0. The van der Waals surface area contributed by atoms with Crippen LogP contribution in [0.1, 0.15) is 18.9 Å². The third kappa shape index (κ3) is 5.13. The zero-order valence-corrected chi connectivity index (χ0v) is 11.7. The van der Waals surface area contributed by atoms with Gasteiger partial charge in [0, 0.05) is 26.3 Å². The number of hydrogen-bond acceptors (Lipinski definition) is 5. The van der Waals surface area contributed by atoms with Crippen LogP contribution in [0.3, 0.4) is 0 Å². The van der Waals surface area contributed by atoms with Gasteiger partial charge in [-0.05, 0) is 18.1 Å². The van der Waals surface area contributed by atoms with Gasteiger partial charge in [0.05, 0.1) is 4.92 Å².